The minimum atomic E-state index is -3.51. The first-order valence-corrected chi connectivity index (χ1v) is 24.0. The van der Waals surface area contributed by atoms with E-state index in [2.05, 4.69) is 47.8 Å². The molecule has 2 aromatic heterocycles. The number of benzene rings is 4. The Kier molecular flexibility index (Phi) is 18.0. The zero-order chi connectivity index (χ0) is 46.8. The molecule has 0 saturated heterocycles. The second kappa shape index (κ2) is 22.7. The number of nitrogens with one attached hydrogen (secondary N) is 4. The number of hydrogen-bond donors (Lipinski definition) is 5. The molecule has 0 aliphatic rings. The number of carbonyl (C=O) groups excluding carboxylic acids is 1. The number of carbonyl (C=O) groups is 1. The number of nitrogens with two attached hydrogens (primary N) is 1. The van der Waals surface area contributed by atoms with Crippen molar-refractivity contribution in [2.24, 2.45) is 0 Å². The molecule has 6 aromatic rings. The second-order valence-electron chi connectivity index (χ2n) is 15.2. The largest absolute Gasteiger partial charge is 0.399 e. The third-order valence-corrected chi connectivity index (χ3v) is 14.9. The molecule has 14 nitrogen and oxygen atoms in total. The summed E-state index contributed by atoms with van der Waals surface area (Å²) in [7, 11) is -6.99. The maximum atomic E-state index is 12.8. The standard InChI is InChI=1S/C25H27ClN4O3S.C21H24ClN5O2S.CH4/c1-5-20(31)13-18-11-10-17(4)19(12-18)14-27-25-28-15-21(26)24(30-25)29-22-8-6-7-9-23(22)34(32,33)16(2)3;1-13(2)30(28,29)19-7-5-4-6-18(19)26-20-17(22)12-25-21(27-20)24-11-15-10-16(23)9-8-14(15)3;/h5-12,15-16H,1,13-14H2,2-4H3,(H2,27,28,29,30);4-10,12-13H,11,23H2,1-3H3,(H2,24,25,26,27);1H4. The third kappa shape index (κ3) is 13.5. The van der Waals surface area contributed by atoms with Crippen LogP contribution < -0.4 is 27.0 Å². The number of rotatable bonds is 17. The fourth-order valence-electron chi connectivity index (χ4n) is 6.01. The molecule has 0 spiro atoms. The summed E-state index contributed by atoms with van der Waals surface area (Å²) in [4.78, 5) is 29.3. The Morgan fingerprint density at radius 1 is 0.692 bits per heavy atom. The van der Waals surface area contributed by atoms with E-state index < -0.39 is 30.2 Å². The molecule has 0 aliphatic heterocycles. The first kappa shape index (κ1) is 51.6. The Hall–Kier alpha value is -6.07. The van der Waals surface area contributed by atoms with E-state index in [1.165, 1.54) is 18.5 Å². The third-order valence-electron chi connectivity index (χ3n) is 9.89. The molecular weight excluding hydrogens is 906 g/mol. The van der Waals surface area contributed by atoms with Crippen molar-refractivity contribution in [1.82, 2.24) is 19.9 Å². The van der Waals surface area contributed by atoms with Crippen LogP contribution in [-0.2, 0) is 44.0 Å². The van der Waals surface area contributed by atoms with E-state index in [9.17, 15) is 21.6 Å². The second-order valence-corrected chi connectivity index (χ2v) is 21.0. The smallest absolute Gasteiger partial charge is 0.224 e. The molecule has 344 valence electrons. The van der Waals surface area contributed by atoms with Crippen molar-refractivity contribution < 1.29 is 21.6 Å². The summed E-state index contributed by atoms with van der Waals surface area (Å²) in [6, 6.07) is 24.9. The van der Waals surface area contributed by atoms with Gasteiger partial charge in [0.2, 0.25) is 11.9 Å². The van der Waals surface area contributed by atoms with Crippen molar-refractivity contribution in [3.8, 4) is 0 Å². The van der Waals surface area contributed by atoms with Crippen LogP contribution in [0.5, 0.6) is 0 Å². The number of nitrogens with zero attached hydrogens (tertiary/aromatic N) is 4. The summed E-state index contributed by atoms with van der Waals surface area (Å²) in [5, 5.41) is 11.8. The zero-order valence-corrected chi connectivity index (χ0v) is 39.4. The van der Waals surface area contributed by atoms with E-state index in [0.717, 1.165) is 27.8 Å². The summed E-state index contributed by atoms with van der Waals surface area (Å²) in [5.74, 6) is 1.23. The number of allylic oxidation sites excluding steroid dienone is 1. The Morgan fingerprint density at radius 2 is 1.12 bits per heavy atom. The quantitative estimate of drug-likeness (QED) is 0.0425. The number of nitrogen functional groups attached to an aromatic ring is 1. The molecule has 6 N–H and O–H groups in total. The summed E-state index contributed by atoms with van der Waals surface area (Å²) < 4.78 is 50.9. The van der Waals surface area contributed by atoms with Gasteiger partial charge in [0.25, 0.3) is 0 Å². The summed E-state index contributed by atoms with van der Waals surface area (Å²) in [6.07, 6.45) is 4.52. The number of anilines is 7. The van der Waals surface area contributed by atoms with Crippen molar-refractivity contribution in [3.63, 3.8) is 0 Å². The Labute approximate surface area is 392 Å². The van der Waals surface area contributed by atoms with Gasteiger partial charge in [0.05, 0.1) is 44.1 Å². The monoisotopic (exact) mass is 959 g/mol. The first-order chi connectivity index (χ1) is 30.3. The van der Waals surface area contributed by atoms with Crippen LogP contribution in [0.1, 0.15) is 62.9 Å². The highest BCUT2D eigenvalue weighted by Crippen LogP contribution is 2.32. The van der Waals surface area contributed by atoms with Crippen LogP contribution in [0.15, 0.2) is 120 Å². The molecule has 0 fully saturated rings. The van der Waals surface area contributed by atoms with Gasteiger partial charge < -0.3 is 27.0 Å². The lowest BCUT2D eigenvalue weighted by atomic mass is 10.0. The number of para-hydroxylation sites is 2. The van der Waals surface area contributed by atoms with Crippen molar-refractivity contribution in [3.05, 3.63) is 148 Å². The lowest BCUT2D eigenvalue weighted by molar-refractivity contribution is -0.114. The predicted octanol–water partition coefficient (Wildman–Crippen LogP) is 10.5. The normalized spacial score (nSPS) is 11.2. The predicted molar refractivity (Wildman–Crippen MR) is 265 cm³/mol. The number of halogens is 2. The van der Waals surface area contributed by atoms with Gasteiger partial charge in [-0.05, 0) is 112 Å². The Morgan fingerprint density at radius 3 is 1.57 bits per heavy atom. The summed E-state index contributed by atoms with van der Waals surface area (Å²) in [5.41, 5.74) is 12.4. The minimum absolute atomic E-state index is 0. The van der Waals surface area contributed by atoms with Crippen LogP contribution >= 0.6 is 23.2 Å². The van der Waals surface area contributed by atoms with Crippen LogP contribution in [0.25, 0.3) is 0 Å². The molecule has 0 aliphatic carbocycles. The fraction of sp³-hybridized carbons (Fsp3) is 0.255. The molecule has 0 bridgehead atoms. The van der Waals surface area contributed by atoms with Gasteiger partial charge >= 0.3 is 0 Å². The number of hydrogen-bond acceptors (Lipinski definition) is 14. The van der Waals surface area contributed by atoms with Crippen LogP contribution in [0.4, 0.5) is 40.6 Å². The van der Waals surface area contributed by atoms with Crippen molar-refractivity contribution in [2.45, 2.75) is 88.8 Å². The molecule has 0 radical (unpaired) electrons. The van der Waals surface area contributed by atoms with Gasteiger partial charge in [-0.25, -0.2) is 26.8 Å². The van der Waals surface area contributed by atoms with E-state index in [0.29, 0.717) is 54.3 Å². The summed E-state index contributed by atoms with van der Waals surface area (Å²) in [6.45, 7) is 15.0. The molecule has 18 heteroatoms. The SMILES string of the molecule is C.C=CC(=O)Cc1ccc(C)c(CNc2ncc(Cl)c(Nc3ccccc3S(=O)(=O)C(C)C)n2)c1.Cc1ccc(N)cc1CNc1ncc(Cl)c(Nc2ccccc2S(=O)(=O)C(C)C)n1. The molecule has 0 amide bonds. The van der Waals surface area contributed by atoms with Gasteiger partial charge in [0, 0.05) is 25.2 Å². The molecule has 0 saturated carbocycles. The van der Waals surface area contributed by atoms with Gasteiger partial charge in [0.1, 0.15) is 10.0 Å². The first-order valence-electron chi connectivity index (χ1n) is 20.1. The van der Waals surface area contributed by atoms with E-state index in [1.54, 1.807) is 76.2 Å². The molecule has 0 atom stereocenters. The topological polar surface area (TPSA) is 211 Å². The summed E-state index contributed by atoms with van der Waals surface area (Å²) >= 11 is 12.6. The van der Waals surface area contributed by atoms with E-state index >= 15 is 0 Å². The number of ketones is 1. The molecule has 4 aromatic carbocycles. The van der Waals surface area contributed by atoms with Crippen LogP contribution in [0.2, 0.25) is 10.0 Å². The van der Waals surface area contributed by atoms with Crippen molar-refractivity contribution >= 4 is 89.3 Å². The van der Waals surface area contributed by atoms with Gasteiger partial charge in [-0.2, -0.15) is 9.97 Å². The van der Waals surface area contributed by atoms with Gasteiger partial charge in [-0.1, -0.05) is 85.7 Å². The molecule has 0 unspecified atom stereocenters. The van der Waals surface area contributed by atoms with Gasteiger partial charge in [-0.3, -0.25) is 4.79 Å². The minimum Gasteiger partial charge on any atom is -0.399 e. The Balaban J connectivity index is 0.000000282. The van der Waals surface area contributed by atoms with E-state index in [4.69, 9.17) is 28.9 Å². The maximum Gasteiger partial charge on any atom is 0.224 e. The van der Waals surface area contributed by atoms with Crippen LogP contribution in [-0.4, -0.2) is 53.1 Å². The average Bonchev–Trinajstić information content (AvgIpc) is 3.26. The molecular formula is C47H55Cl2N9O5S2. The van der Waals surface area contributed by atoms with Crippen LogP contribution in [0.3, 0.4) is 0 Å². The zero-order valence-electron chi connectivity index (χ0n) is 36.3. The molecule has 6 rings (SSSR count). The highest BCUT2D eigenvalue weighted by Gasteiger charge is 2.24. The van der Waals surface area contributed by atoms with E-state index in [-0.39, 0.29) is 38.9 Å². The van der Waals surface area contributed by atoms with Crippen molar-refractivity contribution in [1.29, 1.82) is 0 Å². The van der Waals surface area contributed by atoms with Crippen molar-refractivity contribution in [2.75, 3.05) is 27.0 Å². The number of sulfone groups is 2. The highest BCUT2D eigenvalue weighted by atomic mass is 35.5. The van der Waals surface area contributed by atoms with E-state index in [1.807, 2.05) is 50.2 Å². The highest BCUT2D eigenvalue weighted by molar-refractivity contribution is 7.92. The fourth-order valence-corrected chi connectivity index (χ4v) is 8.69. The van der Waals surface area contributed by atoms with Gasteiger partial charge in [-0.15, -0.1) is 0 Å². The lowest BCUT2D eigenvalue weighted by Gasteiger charge is -2.15. The maximum absolute atomic E-state index is 12.8. The number of aryl methyl sites for hydroxylation is 2. The Bertz CT molecular complexity index is 2880. The number of aromatic nitrogens is 4. The molecule has 2 heterocycles. The average molecular weight is 961 g/mol. The molecule has 65 heavy (non-hydrogen) atoms. The van der Waals surface area contributed by atoms with Crippen LogP contribution in [0, 0.1) is 13.8 Å². The van der Waals surface area contributed by atoms with Gasteiger partial charge in [0.15, 0.2) is 37.1 Å². The lowest BCUT2D eigenvalue weighted by Crippen LogP contribution is -2.16.